The van der Waals surface area contributed by atoms with Gasteiger partial charge in [-0.3, -0.25) is 4.79 Å². The number of carbonyl (C=O) groups is 1. The molecule has 26 heavy (non-hydrogen) atoms. The Morgan fingerprint density at radius 1 is 1.15 bits per heavy atom. The molecule has 0 heterocycles. The highest BCUT2D eigenvalue weighted by Gasteiger charge is 2.63. The third kappa shape index (κ3) is 2.60. The van der Waals surface area contributed by atoms with Crippen LogP contribution in [0.4, 0.5) is 0 Å². The lowest BCUT2D eigenvalue weighted by Crippen LogP contribution is -2.59. The van der Waals surface area contributed by atoms with Crippen LogP contribution >= 0.6 is 0 Å². The molecule has 0 radical (unpaired) electrons. The molecule has 3 unspecified atom stereocenters. The van der Waals surface area contributed by atoms with Gasteiger partial charge in [0.1, 0.15) is 6.10 Å². The minimum absolute atomic E-state index is 0.0299. The molecule has 1 N–H and O–H groups in total. The Hall–Kier alpha value is -0.830. The van der Waals surface area contributed by atoms with Gasteiger partial charge in [0.05, 0.1) is 6.10 Å². The zero-order chi connectivity index (χ0) is 18.7. The molecule has 4 fully saturated rings. The number of hydrogen-bond acceptors (Lipinski definition) is 3. The molecule has 0 spiro atoms. The second kappa shape index (κ2) is 6.36. The first kappa shape index (κ1) is 18.5. The number of rotatable bonds is 2. The number of hydrogen-bond donors (Lipinski definition) is 1. The van der Waals surface area contributed by atoms with Crippen molar-refractivity contribution in [2.45, 2.75) is 84.3 Å². The first-order chi connectivity index (χ1) is 12.3. The highest BCUT2D eigenvalue weighted by Crippen LogP contribution is 2.68. The molecule has 0 aromatic carbocycles. The predicted molar refractivity (Wildman–Crippen MR) is 102 cm³/mol. The van der Waals surface area contributed by atoms with Crippen LogP contribution in [-0.4, -0.2) is 23.3 Å². The molecule has 0 aromatic rings. The SMILES string of the molecule is C=C[C@H]1CCC2C3CC[C@H]4C[C@@H](O)CC[C@]4(C)C3[C@H](OC(C)=O)C[C@@]21C. The topological polar surface area (TPSA) is 46.5 Å². The van der Waals surface area contributed by atoms with E-state index >= 15 is 0 Å². The summed E-state index contributed by atoms with van der Waals surface area (Å²) in [5.41, 5.74) is 0.427. The molecule has 3 nitrogen and oxygen atoms in total. The summed E-state index contributed by atoms with van der Waals surface area (Å²) < 4.78 is 6.03. The van der Waals surface area contributed by atoms with E-state index in [1.807, 2.05) is 0 Å². The van der Waals surface area contributed by atoms with Crippen molar-refractivity contribution in [2.24, 2.45) is 40.4 Å². The average Bonchev–Trinajstić information content (AvgIpc) is 2.90. The van der Waals surface area contributed by atoms with Crippen LogP contribution in [0.2, 0.25) is 0 Å². The molecule has 0 aliphatic heterocycles. The quantitative estimate of drug-likeness (QED) is 0.572. The Morgan fingerprint density at radius 3 is 2.62 bits per heavy atom. The van der Waals surface area contributed by atoms with Crippen molar-refractivity contribution in [1.29, 1.82) is 0 Å². The Morgan fingerprint density at radius 2 is 1.92 bits per heavy atom. The van der Waals surface area contributed by atoms with Crippen molar-refractivity contribution in [1.82, 2.24) is 0 Å². The Kier molecular flexibility index (Phi) is 4.53. The van der Waals surface area contributed by atoms with Crippen LogP contribution in [0.25, 0.3) is 0 Å². The zero-order valence-corrected chi connectivity index (χ0v) is 16.7. The minimum atomic E-state index is -0.137. The fraction of sp³-hybridized carbons (Fsp3) is 0.870. The van der Waals surface area contributed by atoms with E-state index in [1.54, 1.807) is 6.92 Å². The van der Waals surface area contributed by atoms with Crippen LogP contribution in [0.5, 0.6) is 0 Å². The number of aliphatic hydroxyl groups is 1. The summed E-state index contributed by atoms with van der Waals surface area (Å²) in [5, 5.41) is 10.2. The Balaban J connectivity index is 1.72. The number of ether oxygens (including phenoxy) is 1. The van der Waals surface area contributed by atoms with E-state index < -0.39 is 0 Å². The van der Waals surface area contributed by atoms with Crippen LogP contribution < -0.4 is 0 Å². The van der Waals surface area contributed by atoms with Gasteiger partial charge in [-0.05, 0) is 85.9 Å². The molecule has 3 heteroatoms. The number of carbonyl (C=O) groups excluding carboxylic acids is 1. The van der Waals surface area contributed by atoms with Crippen LogP contribution in [0.15, 0.2) is 12.7 Å². The monoisotopic (exact) mass is 360 g/mol. The summed E-state index contributed by atoms with van der Waals surface area (Å²) in [6.45, 7) is 10.6. The molecule has 9 atom stereocenters. The van der Waals surface area contributed by atoms with Gasteiger partial charge in [0.15, 0.2) is 0 Å². The van der Waals surface area contributed by atoms with Gasteiger partial charge in [-0.1, -0.05) is 19.9 Å². The van der Waals surface area contributed by atoms with E-state index in [9.17, 15) is 9.90 Å². The Bertz CT molecular complexity index is 586. The fourth-order valence-corrected chi connectivity index (χ4v) is 8.07. The number of fused-ring (bicyclic) bond motifs is 5. The summed E-state index contributed by atoms with van der Waals surface area (Å²) in [5.74, 6) is 2.83. The summed E-state index contributed by atoms with van der Waals surface area (Å²) in [6.07, 6.45) is 11.0. The van der Waals surface area contributed by atoms with Crippen LogP contribution in [-0.2, 0) is 9.53 Å². The third-order valence-electron chi connectivity index (χ3n) is 9.22. The molecule has 0 aromatic heterocycles. The van der Waals surface area contributed by atoms with Gasteiger partial charge in [0, 0.05) is 12.8 Å². The molecule has 0 bridgehead atoms. The van der Waals surface area contributed by atoms with Gasteiger partial charge in [0.2, 0.25) is 0 Å². The van der Waals surface area contributed by atoms with Crippen molar-refractivity contribution in [3.8, 4) is 0 Å². The van der Waals surface area contributed by atoms with Gasteiger partial charge in [-0.15, -0.1) is 6.58 Å². The Labute approximate surface area is 158 Å². The maximum atomic E-state index is 12.0. The summed E-state index contributed by atoms with van der Waals surface area (Å²) in [6, 6.07) is 0. The van der Waals surface area contributed by atoms with E-state index in [0.717, 1.165) is 31.6 Å². The van der Waals surface area contributed by atoms with Crippen molar-refractivity contribution < 1.29 is 14.6 Å². The second-order valence-corrected chi connectivity index (χ2v) is 10.3. The minimum Gasteiger partial charge on any atom is -0.462 e. The fourth-order valence-electron chi connectivity index (χ4n) is 8.07. The van der Waals surface area contributed by atoms with Crippen molar-refractivity contribution >= 4 is 5.97 Å². The van der Waals surface area contributed by atoms with Gasteiger partial charge in [-0.2, -0.15) is 0 Å². The van der Waals surface area contributed by atoms with Gasteiger partial charge >= 0.3 is 5.97 Å². The lowest BCUT2D eigenvalue weighted by atomic mass is 9.44. The van der Waals surface area contributed by atoms with Crippen LogP contribution in [0.1, 0.15) is 72.1 Å². The van der Waals surface area contributed by atoms with Crippen molar-refractivity contribution in [2.75, 3.05) is 0 Å². The smallest absolute Gasteiger partial charge is 0.302 e. The lowest BCUT2D eigenvalue weighted by Gasteiger charge is -2.62. The third-order valence-corrected chi connectivity index (χ3v) is 9.22. The summed E-state index contributed by atoms with van der Waals surface area (Å²) >= 11 is 0. The zero-order valence-electron chi connectivity index (χ0n) is 16.7. The average molecular weight is 361 g/mol. The van der Waals surface area contributed by atoms with Crippen LogP contribution in [0, 0.1) is 40.4 Å². The van der Waals surface area contributed by atoms with E-state index in [4.69, 9.17) is 4.74 Å². The first-order valence-electron chi connectivity index (χ1n) is 10.8. The molecular weight excluding hydrogens is 324 g/mol. The lowest BCUT2D eigenvalue weighted by molar-refractivity contribution is -0.196. The van der Waals surface area contributed by atoms with E-state index in [0.29, 0.717) is 23.7 Å². The molecule has 4 aliphatic rings. The van der Waals surface area contributed by atoms with Crippen molar-refractivity contribution in [3.63, 3.8) is 0 Å². The number of esters is 1. The molecule has 4 saturated carbocycles. The van der Waals surface area contributed by atoms with E-state index in [2.05, 4.69) is 26.5 Å². The molecular formula is C23H36O3. The molecule has 0 amide bonds. The van der Waals surface area contributed by atoms with Gasteiger partial charge in [-0.25, -0.2) is 0 Å². The maximum absolute atomic E-state index is 12.0. The normalized spacial score (nSPS) is 53.2. The first-order valence-corrected chi connectivity index (χ1v) is 10.8. The molecule has 146 valence electrons. The number of aliphatic hydroxyl groups excluding tert-OH is 1. The maximum Gasteiger partial charge on any atom is 0.302 e. The van der Waals surface area contributed by atoms with E-state index in [-0.39, 0.29) is 29.0 Å². The highest BCUT2D eigenvalue weighted by atomic mass is 16.5. The van der Waals surface area contributed by atoms with E-state index in [1.165, 1.54) is 25.7 Å². The highest BCUT2D eigenvalue weighted by molar-refractivity contribution is 5.66. The number of allylic oxidation sites excluding steroid dienone is 1. The predicted octanol–water partition coefficient (Wildman–Crippen LogP) is 4.73. The van der Waals surface area contributed by atoms with Crippen molar-refractivity contribution in [3.05, 3.63) is 12.7 Å². The van der Waals surface area contributed by atoms with Gasteiger partial charge in [0.25, 0.3) is 0 Å². The summed E-state index contributed by atoms with van der Waals surface area (Å²) in [4.78, 5) is 12.0. The standard InChI is InChI=1S/C23H36O3/c1-5-15-7-9-19-18-8-6-16-12-17(25)10-11-22(16,3)21(18)20(26-14(2)24)13-23(15,19)4/h5,15-21,25H,1,6-13H2,2-4H3/t15-,16-,17-,18?,19?,20+,21?,22-,23+/m0/s1. The van der Waals surface area contributed by atoms with Gasteiger partial charge < -0.3 is 9.84 Å². The molecule has 4 rings (SSSR count). The molecule has 4 aliphatic carbocycles. The second-order valence-electron chi connectivity index (χ2n) is 10.3. The largest absolute Gasteiger partial charge is 0.462 e. The molecule has 0 saturated heterocycles. The van der Waals surface area contributed by atoms with Crippen LogP contribution in [0.3, 0.4) is 0 Å². The summed E-state index contributed by atoms with van der Waals surface area (Å²) in [7, 11) is 0.